The molecule has 0 heterocycles. The smallest absolute Gasteiger partial charge is 0.00726 e. The highest BCUT2D eigenvalue weighted by atomic mass is 14.8. The molecule has 0 spiro atoms. The van der Waals surface area contributed by atoms with E-state index in [4.69, 9.17) is 5.73 Å². The second-order valence-corrected chi connectivity index (χ2v) is 3.44. The third kappa shape index (κ3) is 0.455. The summed E-state index contributed by atoms with van der Waals surface area (Å²) >= 11 is 0. The first kappa shape index (κ1) is 4.80. The molecule has 2 aliphatic carbocycles. The summed E-state index contributed by atoms with van der Waals surface area (Å²) in [6.07, 6.45) is 2.72. The maximum atomic E-state index is 5.81. The largest absolute Gasteiger partial charge is 0.327 e. The van der Waals surface area contributed by atoms with Crippen molar-refractivity contribution in [3.8, 4) is 0 Å². The topological polar surface area (TPSA) is 26.0 Å². The summed E-state index contributed by atoms with van der Waals surface area (Å²) in [4.78, 5) is 0. The Labute approximate surface area is 50.3 Å². The van der Waals surface area contributed by atoms with Gasteiger partial charge in [0.1, 0.15) is 0 Å². The van der Waals surface area contributed by atoms with Gasteiger partial charge < -0.3 is 5.73 Å². The highest BCUT2D eigenvalue weighted by Crippen LogP contribution is 2.54. The maximum absolute atomic E-state index is 5.81. The van der Waals surface area contributed by atoms with Crippen LogP contribution in [0.3, 0.4) is 0 Å². The molecule has 0 amide bonds. The van der Waals surface area contributed by atoms with Crippen molar-refractivity contribution in [1.82, 2.24) is 0 Å². The van der Waals surface area contributed by atoms with Crippen LogP contribution in [0.5, 0.6) is 0 Å². The van der Waals surface area contributed by atoms with Crippen molar-refractivity contribution in [2.24, 2.45) is 23.5 Å². The Kier molecular flexibility index (Phi) is 0.762. The lowest BCUT2D eigenvalue weighted by Gasteiger charge is -2.05. The van der Waals surface area contributed by atoms with Gasteiger partial charge in [0.2, 0.25) is 0 Å². The molecule has 0 radical (unpaired) electrons. The van der Waals surface area contributed by atoms with Crippen LogP contribution in [0.2, 0.25) is 0 Å². The van der Waals surface area contributed by atoms with E-state index in [0.717, 1.165) is 17.8 Å². The fourth-order valence-corrected chi connectivity index (χ4v) is 2.16. The normalized spacial score (nSPS) is 60.8. The number of rotatable bonds is 0. The van der Waals surface area contributed by atoms with E-state index in [1.165, 1.54) is 12.8 Å². The fourth-order valence-electron chi connectivity index (χ4n) is 2.16. The number of fused-ring (bicyclic) bond motifs is 1. The van der Waals surface area contributed by atoms with Crippen LogP contribution in [0.1, 0.15) is 19.8 Å². The van der Waals surface area contributed by atoms with Gasteiger partial charge in [-0.3, -0.25) is 0 Å². The summed E-state index contributed by atoms with van der Waals surface area (Å²) in [6.45, 7) is 2.33. The molecule has 2 rings (SSSR count). The Morgan fingerprint density at radius 3 is 2.12 bits per heavy atom. The van der Waals surface area contributed by atoms with E-state index in [9.17, 15) is 0 Å². The van der Waals surface area contributed by atoms with Gasteiger partial charge >= 0.3 is 0 Å². The van der Waals surface area contributed by atoms with Crippen LogP contribution in [0.15, 0.2) is 0 Å². The lowest BCUT2D eigenvalue weighted by molar-refractivity contribution is 0.503. The van der Waals surface area contributed by atoms with Gasteiger partial charge in [-0.2, -0.15) is 0 Å². The van der Waals surface area contributed by atoms with E-state index in [1.54, 1.807) is 0 Å². The van der Waals surface area contributed by atoms with Gasteiger partial charge in [0.15, 0.2) is 0 Å². The van der Waals surface area contributed by atoms with Gasteiger partial charge in [-0.25, -0.2) is 0 Å². The van der Waals surface area contributed by atoms with Crippen LogP contribution >= 0.6 is 0 Å². The molecule has 0 aromatic carbocycles. The SMILES string of the molecule is CC1CC(N)C2CC12. The van der Waals surface area contributed by atoms with Crippen molar-refractivity contribution in [2.75, 3.05) is 0 Å². The van der Waals surface area contributed by atoms with Crippen molar-refractivity contribution >= 4 is 0 Å². The highest BCUT2D eigenvalue weighted by molar-refractivity contribution is 5.03. The van der Waals surface area contributed by atoms with Crippen LogP contribution < -0.4 is 5.73 Å². The van der Waals surface area contributed by atoms with E-state index in [2.05, 4.69) is 6.92 Å². The van der Waals surface area contributed by atoms with E-state index >= 15 is 0 Å². The van der Waals surface area contributed by atoms with Gasteiger partial charge in [0.05, 0.1) is 0 Å². The molecule has 4 atom stereocenters. The minimum absolute atomic E-state index is 0.565. The minimum Gasteiger partial charge on any atom is -0.327 e. The molecule has 8 heavy (non-hydrogen) atoms. The van der Waals surface area contributed by atoms with Crippen molar-refractivity contribution in [1.29, 1.82) is 0 Å². The molecule has 2 aliphatic rings. The Bertz CT molecular complexity index is 95.0. The van der Waals surface area contributed by atoms with Crippen LogP contribution in [-0.2, 0) is 0 Å². The van der Waals surface area contributed by atoms with Crippen molar-refractivity contribution < 1.29 is 0 Å². The number of hydrogen-bond acceptors (Lipinski definition) is 1. The van der Waals surface area contributed by atoms with E-state index in [-0.39, 0.29) is 0 Å². The average Bonchev–Trinajstić information content (AvgIpc) is 2.35. The summed E-state index contributed by atoms with van der Waals surface area (Å²) in [5.74, 6) is 2.91. The lowest BCUT2D eigenvalue weighted by atomic mass is 10.1. The first-order valence-corrected chi connectivity index (χ1v) is 3.54. The van der Waals surface area contributed by atoms with E-state index in [1.807, 2.05) is 0 Å². The molecular weight excluding hydrogens is 98.1 g/mol. The lowest BCUT2D eigenvalue weighted by Crippen LogP contribution is -2.19. The molecule has 2 saturated carbocycles. The van der Waals surface area contributed by atoms with Gasteiger partial charge in [0, 0.05) is 6.04 Å². The predicted octanol–water partition coefficient (Wildman–Crippen LogP) is 0.990. The predicted molar refractivity (Wildman–Crippen MR) is 33.4 cm³/mol. The standard InChI is InChI=1S/C7H13N/c1-4-2-7(8)6-3-5(4)6/h4-7H,2-3,8H2,1H3. The van der Waals surface area contributed by atoms with Gasteiger partial charge in [-0.15, -0.1) is 0 Å². The third-order valence-electron chi connectivity index (χ3n) is 2.82. The first-order chi connectivity index (χ1) is 3.79. The average molecular weight is 111 g/mol. The summed E-state index contributed by atoms with van der Waals surface area (Å²) in [6, 6.07) is 0.565. The van der Waals surface area contributed by atoms with E-state index < -0.39 is 0 Å². The van der Waals surface area contributed by atoms with Crippen LogP contribution in [-0.4, -0.2) is 6.04 Å². The molecule has 1 nitrogen and oxygen atoms in total. The Morgan fingerprint density at radius 2 is 2.00 bits per heavy atom. The molecule has 4 unspecified atom stereocenters. The Balaban J connectivity index is 2.09. The Hall–Kier alpha value is -0.0400. The summed E-state index contributed by atoms with van der Waals surface area (Å²) < 4.78 is 0. The Morgan fingerprint density at radius 1 is 1.25 bits per heavy atom. The molecule has 0 saturated heterocycles. The maximum Gasteiger partial charge on any atom is 0.00726 e. The number of nitrogens with two attached hydrogens (primary N) is 1. The van der Waals surface area contributed by atoms with Gasteiger partial charge in [-0.1, -0.05) is 6.92 Å². The summed E-state index contributed by atoms with van der Waals surface area (Å²) in [5, 5.41) is 0. The zero-order chi connectivity index (χ0) is 5.72. The zero-order valence-electron chi connectivity index (χ0n) is 5.30. The zero-order valence-corrected chi connectivity index (χ0v) is 5.30. The molecule has 2 fully saturated rings. The van der Waals surface area contributed by atoms with Crippen molar-refractivity contribution in [3.63, 3.8) is 0 Å². The highest BCUT2D eigenvalue weighted by Gasteiger charge is 2.50. The number of hydrogen-bond donors (Lipinski definition) is 1. The second-order valence-electron chi connectivity index (χ2n) is 3.44. The molecule has 0 aromatic heterocycles. The molecule has 0 aromatic rings. The molecule has 2 N–H and O–H groups in total. The second kappa shape index (κ2) is 1.27. The molecule has 1 heteroatoms. The first-order valence-electron chi connectivity index (χ1n) is 3.54. The van der Waals surface area contributed by atoms with Gasteiger partial charge in [-0.05, 0) is 30.6 Å². The molecular formula is C7H13N. The van der Waals surface area contributed by atoms with Crippen LogP contribution in [0.25, 0.3) is 0 Å². The molecule has 0 bridgehead atoms. The minimum atomic E-state index is 0.565. The summed E-state index contributed by atoms with van der Waals surface area (Å²) in [5.41, 5.74) is 5.81. The van der Waals surface area contributed by atoms with Crippen LogP contribution in [0, 0.1) is 17.8 Å². The quantitative estimate of drug-likeness (QED) is 0.495. The fraction of sp³-hybridized carbons (Fsp3) is 1.00. The van der Waals surface area contributed by atoms with Crippen molar-refractivity contribution in [2.45, 2.75) is 25.8 Å². The summed E-state index contributed by atoms with van der Waals surface area (Å²) in [7, 11) is 0. The van der Waals surface area contributed by atoms with Crippen LogP contribution in [0.4, 0.5) is 0 Å². The van der Waals surface area contributed by atoms with Gasteiger partial charge in [0.25, 0.3) is 0 Å². The molecule has 46 valence electrons. The molecule has 0 aliphatic heterocycles. The monoisotopic (exact) mass is 111 g/mol. The van der Waals surface area contributed by atoms with E-state index in [0.29, 0.717) is 6.04 Å². The van der Waals surface area contributed by atoms with Crippen molar-refractivity contribution in [3.05, 3.63) is 0 Å². The third-order valence-corrected chi connectivity index (χ3v) is 2.82.